The third kappa shape index (κ3) is 3.01. The van der Waals surface area contributed by atoms with Crippen LogP contribution in [0.15, 0.2) is 18.2 Å². The fourth-order valence-corrected chi connectivity index (χ4v) is 1.32. The Balaban J connectivity index is 2.98. The van der Waals surface area contributed by atoms with Crippen molar-refractivity contribution in [3.05, 3.63) is 35.4 Å². The number of rotatable bonds is 4. The van der Waals surface area contributed by atoms with Gasteiger partial charge in [0, 0.05) is 0 Å². The average Bonchev–Trinajstić information content (AvgIpc) is 2.24. The molecule has 0 saturated heterocycles. The number of aliphatic hydroxyl groups excluding tert-OH is 1. The quantitative estimate of drug-likeness (QED) is 0.736. The lowest BCUT2D eigenvalue weighted by atomic mass is 10.1. The van der Waals surface area contributed by atoms with E-state index in [1.807, 2.05) is 5.32 Å². The standard InChI is InChI=1S/C11H11F2NO4/c1-5(15)9(11(17)18)14-10(16)8-6(12)3-2-4-7(8)13/h2-5,9,15H,1H3,(H,14,16)(H,17,18). The second-order valence-electron chi connectivity index (χ2n) is 3.63. The van der Waals surface area contributed by atoms with Gasteiger partial charge >= 0.3 is 5.97 Å². The molecule has 0 aliphatic heterocycles. The molecular formula is C11H11F2NO4. The first kappa shape index (κ1) is 14.0. The predicted molar refractivity (Wildman–Crippen MR) is 56.9 cm³/mol. The van der Waals surface area contributed by atoms with E-state index in [9.17, 15) is 18.4 Å². The minimum atomic E-state index is -1.64. The summed E-state index contributed by atoms with van der Waals surface area (Å²) in [4.78, 5) is 22.3. The van der Waals surface area contributed by atoms with Gasteiger partial charge in [0.15, 0.2) is 6.04 Å². The molecule has 98 valence electrons. The van der Waals surface area contributed by atoms with Gasteiger partial charge in [0.2, 0.25) is 0 Å². The van der Waals surface area contributed by atoms with Crippen LogP contribution in [-0.4, -0.2) is 34.2 Å². The fourth-order valence-electron chi connectivity index (χ4n) is 1.32. The number of carboxylic acid groups (broad SMARTS) is 1. The van der Waals surface area contributed by atoms with Gasteiger partial charge in [-0.15, -0.1) is 0 Å². The lowest BCUT2D eigenvalue weighted by molar-refractivity contribution is -0.141. The van der Waals surface area contributed by atoms with Crippen molar-refractivity contribution in [2.75, 3.05) is 0 Å². The van der Waals surface area contributed by atoms with Gasteiger partial charge in [0.1, 0.15) is 17.2 Å². The van der Waals surface area contributed by atoms with Crippen LogP contribution >= 0.6 is 0 Å². The fraction of sp³-hybridized carbons (Fsp3) is 0.273. The summed E-state index contributed by atoms with van der Waals surface area (Å²) in [5.41, 5.74) is -0.885. The van der Waals surface area contributed by atoms with Crippen molar-refractivity contribution >= 4 is 11.9 Å². The molecule has 0 aliphatic carbocycles. The zero-order valence-corrected chi connectivity index (χ0v) is 9.35. The van der Waals surface area contributed by atoms with Crippen molar-refractivity contribution in [3.8, 4) is 0 Å². The van der Waals surface area contributed by atoms with Crippen molar-refractivity contribution in [2.45, 2.75) is 19.1 Å². The van der Waals surface area contributed by atoms with Gasteiger partial charge in [0.05, 0.1) is 6.10 Å². The van der Waals surface area contributed by atoms with Crippen LogP contribution in [0.25, 0.3) is 0 Å². The summed E-state index contributed by atoms with van der Waals surface area (Å²) in [7, 11) is 0. The van der Waals surface area contributed by atoms with Crippen LogP contribution < -0.4 is 5.32 Å². The van der Waals surface area contributed by atoms with Gasteiger partial charge in [-0.05, 0) is 19.1 Å². The molecule has 0 saturated carbocycles. The third-order valence-electron chi connectivity index (χ3n) is 2.22. The maximum Gasteiger partial charge on any atom is 0.328 e. The molecule has 0 spiro atoms. The average molecular weight is 259 g/mol. The highest BCUT2D eigenvalue weighted by Crippen LogP contribution is 2.12. The highest BCUT2D eigenvalue weighted by atomic mass is 19.1. The minimum absolute atomic E-state index is 0.871. The monoisotopic (exact) mass is 259 g/mol. The first-order valence-electron chi connectivity index (χ1n) is 5.00. The SMILES string of the molecule is CC(O)C(NC(=O)c1c(F)cccc1F)C(=O)O. The maximum absolute atomic E-state index is 13.2. The minimum Gasteiger partial charge on any atom is -0.480 e. The Kier molecular flexibility index (Phi) is 4.33. The van der Waals surface area contributed by atoms with E-state index in [0.29, 0.717) is 0 Å². The lowest BCUT2D eigenvalue weighted by Crippen LogP contribution is -2.48. The van der Waals surface area contributed by atoms with Gasteiger partial charge in [0.25, 0.3) is 5.91 Å². The van der Waals surface area contributed by atoms with E-state index in [1.54, 1.807) is 0 Å². The molecule has 18 heavy (non-hydrogen) atoms. The molecule has 2 unspecified atom stereocenters. The largest absolute Gasteiger partial charge is 0.480 e. The molecule has 0 heterocycles. The maximum atomic E-state index is 13.2. The molecule has 1 rings (SSSR count). The Labute approximate surface area is 101 Å². The van der Waals surface area contributed by atoms with E-state index in [-0.39, 0.29) is 0 Å². The highest BCUT2D eigenvalue weighted by molar-refractivity contribution is 5.97. The van der Waals surface area contributed by atoms with E-state index in [1.165, 1.54) is 0 Å². The number of nitrogens with one attached hydrogen (secondary N) is 1. The second-order valence-corrected chi connectivity index (χ2v) is 3.63. The van der Waals surface area contributed by atoms with Crippen LogP contribution in [-0.2, 0) is 4.79 Å². The highest BCUT2D eigenvalue weighted by Gasteiger charge is 2.27. The molecule has 0 bridgehead atoms. The molecule has 0 aromatic heterocycles. The van der Waals surface area contributed by atoms with Crippen LogP contribution in [0.5, 0.6) is 0 Å². The van der Waals surface area contributed by atoms with E-state index in [2.05, 4.69) is 0 Å². The molecule has 7 heteroatoms. The number of carboxylic acids is 1. The Bertz CT molecular complexity index is 456. The van der Waals surface area contributed by atoms with Gasteiger partial charge < -0.3 is 15.5 Å². The first-order chi connectivity index (χ1) is 8.34. The summed E-state index contributed by atoms with van der Waals surface area (Å²) in [5, 5.41) is 19.7. The number of hydrogen-bond donors (Lipinski definition) is 3. The lowest BCUT2D eigenvalue weighted by Gasteiger charge is -2.17. The molecular weight excluding hydrogens is 248 g/mol. The van der Waals surface area contributed by atoms with Crippen LogP contribution in [0.1, 0.15) is 17.3 Å². The first-order valence-corrected chi connectivity index (χ1v) is 5.00. The summed E-state index contributed by atoms with van der Waals surface area (Å²) >= 11 is 0. The van der Waals surface area contributed by atoms with E-state index in [0.717, 1.165) is 25.1 Å². The summed E-state index contributed by atoms with van der Waals surface area (Å²) < 4.78 is 26.5. The number of halogens is 2. The Morgan fingerprint density at radius 1 is 1.28 bits per heavy atom. The smallest absolute Gasteiger partial charge is 0.328 e. The van der Waals surface area contributed by atoms with Crippen molar-refractivity contribution in [2.24, 2.45) is 0 Å². The summed E-state index contributed by atoms with van der Waals surface area (Å²) in [6, 6.07) is 1.17. The van der Waals surface area contributed by atoms with Gasteiger partial charge in [-0.3, -0.25) is 4.79 Å². The third-order valence-corrected chi connectivity index (χ3v) is 2.22. The van der Waals surface area contributed by atoms with E-state index < -0.39 is 41.2 Å². The van der Waals surface area contributed by atoms with E-state index in [4.69, 9.17) is 10.2 Å². The second kappa shape index (κ2) is 5.54. The normalized spacial score (nSPS) is 13.8. The number of amides is 1. The number of aliphatic hydroxyl groups is 1. The molecule has 1 amide bonds. The summed E-state index contributed by atoms with van der Waals surface area (Å²) in [5.74, 6) is -4.96. The van der Waals surface area contributed by atoms with Crippen LogP contribution in [0.3, 0.4) is 0 Å². The Hall–Kier alpha value is -2.02. The van der Waals surface area contributed by atoms with Crippen molar-refractivity contribution < 1.29 is 28.6 Å². The zero-order valence-electron chi connectivity index (χ0n) is 9.35. The summed E-state index contributed by atoms with van der Waals surface area (Å²) in [6.45, 7) is 1.14. The van der Waals surface area contributed by atoms with E-state index >= 15 is 0 Å². The summed E-state index contributed by atoms with van der Waals surface area (Å²) in [6.07, 6.45) is -1.40. The van der Waals surface area contributed by atoms with Crippen LogP contribution in [0.4, 0.5) is 8.78 Å². The van der Waals surface area contributed by atoms with Crippen molar-refractivity contribution in [1.29, 1.82) is 0 Å². The molecule has 1 aromatic rings. The van der Waals surface area contributed by atoms with Crippen LogP contribution in [0, 0.1) is 11.6 Å². The number of carbonyl (C=O) groups excluding carboxylic acids is 1. The number of carbonyl (C=O) groups is 2. The van der Waals surface area contributed by atoms with Gasteiger partial charge in [-0.25, -0.2) is 13.6 Å². The van der Waals surface area contributed by atoms with Crippen molar-refractivity contribution in [1.82, 2.24) is 5.32 Å². The van der Waals surface area contributed by atoms with Gasteiger partial charge in [-0.1, -0.05) is 6.07 Å². The Morgan fingerprint density at radius 2 is 1.78 bits per heavy atom. The van der Waals surface area contributed by atoms with Gasteiger partial charge in [-0.2, -0.15) is 0 Å². The zero-order chi connectivity index (χ0) is 13.9. The molecule has 0 radical (unpaired) electrons. The molecule has 0 fully saturated rings. The number of aliphatic carboxylic acids is 1. The van der Waals surface area contributed by atoms with Crippen molar-refractivity contribution in [3.63, 3.8) is 0 Å². The number of benzene rings is 1. The van der Waals surface area contributed by atoms with Crippen LogP contribution in [0.2, 0.25) is 0 Å². The molecule has 2 atom stereocenters. The molecule has 1 aromatic carbocycles. The molecule has 3 N–H and O–H groups in total. The molecule has 0 aliphatic rings. The molecule has 5 nitrogen and oxygen atoms in total. The predicted octanol–water partition coefficient (Wildman–Crippen LogP) is 0.529. The topological polar surface area (TPSA) is 86.6 Å². The number of hydrogen-bond acceptors (Lipinski definition) is 3. The Morgan fingerprint density at radius 3 is 2.17 bits per heavy atom.